The van der Waals surface area contributed by atoms with Gasteiger partial charge in [-0.3, -0.25) is 13.9 Å². The molecule has 1 atom stereocenters. The first kappa shape index (κ1) is 36.2. The Bertz CT molecular complexity index is 1830. The van der Waals surface area contributed by atoms with E-state index < -0.39 is 28.5 Å². The fourth-order valence-electron chi connectivity index (χ4n) is 5.97. The number of nitrogens with zero attached hydrogens (tertiary/aromatic N) is 2. The fourth-order valence-corrected chi connectivity index (χ4v) is 7.85. The molecule has 49 heavy (non-hydrogen) atoms. The van der Waals surface area contributed by atoms with Crippen molar-refractivity contribution in [2.24, 2.45) is 0 Å². The second-order valence-electron chi connectivity index (χ2n) is 12.3. The highest BCUT2D eigenvalue weighted by atomic mass is 35.5. The Morgan fingerprint density at radius 1 is 0.878 bits per heavy atom. The van der Waals surface area contributed by atoms with Crippen LogP contribution in [0.15, 0.2) is 102 Å². The lowest BCUT2D eigenvalue weighted by molar-refractivity contribution is -0.140. The Morgan fingerprint density at radius 3 is 2.16 bits per heavy atom. The minimum atomic E-state index is -4.23. The zero-order chi connectivity index (χ0) is 35.0. The van der Waals surface area contributed by atoms with Gasteiger partial charge in [0.15, 0.2) is 0 Å². The number of para-hydroxylation sites is 1. The second kappa shape index (κ2) is 16.6. The molecular formula is C38H41Cl2N3O5S. The van der Waals surface area contributed by atoms with E-state index in [1.165, 1.54) is 17.0 Å². The Balaban J connectivity index is 1.50. The molecule has 4 aromatic carbocycles. The molecule has 2 amide bonds. The summed E-state index contributed by atoms with van der Waals surface area (Å²) >= 11 is 12.7. The highest BCUT2D eigenvalue weighted by Gasteiger charge is 2.35. The summed E-state index contributed by atoms with van der Waals surface area (Å²) in [6.07, 6.45) is 5.27. The molecule has 4 aromatic rings. The van der Waals surface area contributed by atoms with Gasteiger partial charge in [0.1, 0.15) is 24.1 Å². The summed E-state index contributed by atoms with van der Waals surface area (Å²) in [6.45, 7) is 3.12. The van der Waals surface area contributed by atoms with Crippen LogP contribution in [-0.2, 0) is 26.2 Å². The normalized spacial score (nSPS) is 14.1. The van der Waals surface area contributed by atoms with Crippen LogP contribution in [0.5, 0.6) is 11.5 Å². The van der Waals surface area contributed by atoms with Crippen molar-refractivity contribution in [3.63, 3.8) is 0 Å². The van der Waals surface area contributed by atoms with Crippen molar-refractivity contribution in [1.29, 1.82) is 0 Å². The van der Waals surface area contributed by atoms with Crippen molar-refractivity contribution in [2.45, 2.75) is 75.9 Å². The predicted octanol–water partition coefficient (Wildman–Crippen LogP) is 8.55. The quantitative estimate of drug-likeness (QED) is 0.149. The zero-order valence-electron chi connectivity index (χ0n) is 27.6. The number of carbonyl (C=O) groups excluding carboxylic acids is 2. The van der Waals surface area contributed by atoms with Crippen LogP contribution in [-0.4, -0.2) is 43.8 Å². The number of amides is 2. The van der Waals surface area contributed by atoms with Crippen LogP contribution < -0.4 is 14.4 Å². The van der Waals surface area contributed by atoms with Gasteiger partial charge < -0.3 is 15.0 Å². The average molecular weight is 723 g/mol. The van der Waals surface area contributed by atoms with E-state index in [1.54, 1.807) is 54.6 Å². The van der Waals surface area contributed by atoms with Crippen molar-refractivity contribution in [2.75, 3.05) is 10.8 Å². The van der Waals surface area contributed by atoms with Crippen LogP contribution in [0.1, 0.15) is 56.6 Å². The molecule has 0 unspecified atom stereocenters. The number of hydrogen-bond donors (Lipinski definition) is 1. The lowest BCUT2D eigenvalue weighted by Gasteiger charge is -2.34. The minimum absolute atomic E-state index is 0.0201. The summed E-state index contributed by atoms with van der Waals surface area (Å²) in [7, 11) is -4.23. The van der Waals surface area contributed by atoms with Gasteiger partial charge in [0.2, 0.25) is 11.8 Å². The number of ether oxygens (including phenoxy) is 1. The Kier molecular flexibility index (Phi) is 12.3. The van der Waals surface area contributed by atoms with Crippen molar-refractivity contribution < 1.29 is 22.7 Å². The van der Waals surface area contributed by atoms with Crippen molar-refractivity contribution in [1.82, 2.24) is 10.2 Å². The van der Waals surface area contributed by atoms with Gasteiger partial charge in [-0.05, 0) is 92.4 Å². The maximum Gasteiger partial charge on any atom is 0.264 e. The summed E-state index contributed by atoms with van der Waals surface area (Å²) in [5.41, 5.74) is 1.74. The average Bonchev–Trinajstić information content (AvgIpc) is 3.09. The van der Waals surface area contributed by atoms with Gasteiger partial charge in [-0.2, -0.15) is 0 Å². The Hall–Kier alpha value is -4.05. The molecule has 0 heterocycles. The molecule has 1 fully saturated rings. The number of halogens is 2. The van der Waals surface area contributed by atoms with Crippen LogP contribution in [0.25, 0.3) is 0 Å². The van der Waals surface area contributed by atoms with E-state index >= 15 is 0 Å². The number of rotatable bonds is 13. The van der Waals surface area contributed by atoms with E-state index in [9.17, 15) is 18.0 Å². The first-order chi connectivity index (χ1) is 23.5. The molecular weight excluding hydrogens is 681 g/mol. The topological polar surface area (TPSA) is 96.0 Å². The van der Waals surface area contributed by atoms with E-state index in [4.69, 9.17) is 27.9 Å². The molecule has 0 aromatic heterocycles. The molecule has 5 rings (SSSR count). The van der Waals surface area contributed by atoms with E-state index in [-0.39, 0.29) is 29.1 Å². The molecule has 8 nitrogen and oxygen atoms in total. The zero-order valence-corrected chi connectivity index (χ0v) is 30.0. The maximum absolute atomic E-state index is 14.5. The van der Waals surface area contributed by atoms with Crippen molar-refractivity contribution in [3.05, 3.63) is 118 Å². The number of sulfonamides is 1. The molecule has 0 aliphatic heterocycles. The van der Waals surface area contributed by atoms with Gasteiger partial charge >= 0.3 is 0 Å². The van der Waals surface area contributed by atoms with Crippen molar-refractivity contribution >= 4 is 50.7 Å². The largest absolute Gasteiger partial charge is 0.457 e. The van der Waals surface area contributed by atoms with Crippen LogP contribution in [0, 0.1) is 6.92 Å². The third-order valence-electron chi connectivity index (χ3n) is 8.68. The lowest BCUT2D eigenvalue weighted by Crippen LogP contribution is -2.54. The third kappa shape index (κ3) is 9.35. The first-order valence-corrected chi connectivity index (χ1v) is 18.7. The van der Waals surface area contributed by atoms with Crippen LogP contribution >= 0.6 is 23.2 Å². The highest BCUT2D eigenvalue weighted by molar-refractivity contribution is 7.92. The molecule has 1 N–H and O–H groups in total. The van der Waals surface area contributed by atoms with Gasteiger partial charge in [0, 0.05) is 22.6 Å². The predicted molar refractivity (Wildman–Crippen MR) is 195 cm³/mol. The minimum Gasteiger partial charge on any atom is -0.457 e. The standard InChI is InChI=1S/C38H41Cl2N3O5S/c1-3-36(38(45)41-30-10-6-4-7-11-30)42(25-28-16-17-29(39)24-35(28)40)37(44)26-43(49(46,47)34-22-14-27(2)15-23-34)31-18-20-33(21-19-31)48-32-12-8-5-9-13-32/h5,8-9,12-24,30,36H,3-4,6-7,10-11,25-26H2,1-2H3,(H,41,45)/t36-/m1/s1. The summed E-state index contributed by atoms with van der Waals surface area (Å²) in [5.74, 6) is 0.293. The maximum atomic E-state index is 14.5. The summed E-state index contributed by atoms with van der Waals surface area (Å²) in [6, 6.07) is 26.3. The molecule has 0 bridgehead atoms. The lowest BCUT2D eigenvalue weighted by atomic mass is 9.95. The summed E-state index contributed by atoms with van der Waals surface area (Å²) < 4.78 is 35.6. The Morgan fingerprint density at radius 2 is 1.53 bits per heavy atom. The molecule has 1 aliphatic rings. The Labute approximate surface area is 299 Å². The number of aryl methyl sites for hydroxylation is 1. The van der Waals surface area contributed by atoms with Gasteiger partial charge in [-0.1, -0.05) is 91.3 Å². The molecule has 0 radical (unpaired) electrons. The van der Waals surface area contributed by atoms with E-state index in [1.807, 2.05) is 44.2 Å². The summed E-state index contributed by atoms with van der Waals surface area (Å²) in [4.78, 5) is 29.8. The second-order valence-corrected chi connectivity index (χ2v) is 15.0. The summed E-state index contributed by atoms with van der Waals surface area (Å²) in [5, 5.41) is 3.93. The van der Waals surface area contributed by atoms with E-state index in [2.05, 4.69) is 5.32 Å². The van der Waals surface area contributed by atoms with Crippen LogP contribution in [0.3, 0.4) is 0 Å². The van der Waals surface area contributed by atoms with Gasteiger partial charge in [-0.25, -0.2) is 8.42 Å². The number of anilines is 1. The molecule has 0 saturated heterocycles. The van der Waals surface area contributed by atoms with Crippen LogP contribution in [0.4, 0.5) is 5.69 Å². The van der Waals surface area contributed by atoms with Crippen LogP contribution in [0.2, 0.25) is 10.0 Å². The third-order valence-corrected chi connectivity index (χ3v) is 11.1. The SMILES string of the molecule is CC[C@H](C(=O)NC1CCCCC1)N(Cc1ccc(Cl)cc1Cl)C(=O)CN(c1ccc(Oc2ccccc2)cc1)S(=O)(=O)c1ccc(C)cc1. The van der Waals surface area contributed by atoms with Gasteiger partial charge in [-0.15, -0.1) is 0 Å². The molecule has 0 spiro atoms. The number of benzene rings is 4. The molecule has 258 valence electrons. The molecule has 1 aliphatic carbocycles. The first-order valence-electron chi connectivity index (χ1n) is 16.5. The van der Waals surface area contributed by atoms with Gasteiger partial charge in [0.25, 0.3) is 10.0 Å². The number of hydrogen-bond acceptors (Lipinski definition) is 5. The van der Waals surface area contributed by atoms with Crippen molar-refractivity contribution in [3.8, 4) is 11.5 Å². The fraction of sp³-hybridized carbons (Fsp3) is 0.316. The van der Waals surface area contributed by atoms with E-state index in [0.29, 0.717) is 33.5 Å². The number of nitrogens with one attached hydrogen (secondary N) is 1. The van der Waals surface area contributed by atoms with E-state index in [0.717, 1.165) is 42.0 Å². The smallest absolute Gasteiger partial charge is 0.264 e. The highest BCUT2D eigenvalue weighted by Crippen LogP contribution is 2.30. The molecule has 11 heteroatoms. The number of carbonyl (C=O) groups is 2. The molecule has 1 saturated carbocycles. The monoisotopic (exact) mass is 721 g/mol. The van der Waals surface area contributed by atoms with Gasteiger partial charge in [0.05, 0.1) is 10.6 Å².